The van der Waals surface area contributed by atoms with Crippen molar-refractivity contribution in [3.05, 3.63) is 0 Å². The third kappa shape index (κ3) is 2.84. The van der Waals surface area contributed by atoms with E-state index < -0.39 is 5.41 Å². The number of nitriles is 1. The molecule has 3 aliphatic rings. The minimum atomic E-state index is -0.759. The summed E-state index contributed by atoms with van der Waals surface area (Å²) in [6, 6.07) is 2.37. The van der Waals surface area contributed by atoms with Crippen LogP contribution in [0.1, 0.15) is 59.8 Å². The second-order valence-electron chi connectivity index (χ2n) is 8.84. The Labute approximate surface area is 145 Å². The van der Waals surface area contributed by atoms with E-state index >= 15 is 0 Å². The first kappa shape index (κ1) is 17.7. The molecule has 1 spiro atoms. The number of carbonyl (C=O) groups is 1. The van der Waals surface area contributed by atoms with Crippen molar-refractivity contribution in [3.63, 3.8) is 0 Å². The predicted molar refractivity (Wildman–Crippen MR) is 92.2 cm³/mol. The lowest BCUT2D eigenvalue weighted by Crippen LogP contribution is -2.59. The van der Waals surface area contributed by atoms with Crippen molar-refractivity contribution in [1.29, 1.82) is 5.26 Å². The molecule has 2 aliphatic carbocycles. The van der Waals surface area contributed by atoms with Crippen LogP contribution < -0.4 is 5.32 Å². The number of nitrogens with one attached hydrogen (secondary N) is 1. The van der Waals surface area contributed by atoms with E-state index in [9.17, 15) is 10.1 Å². The van der Waals surface area contributed by atoms with Crippen molar-refractivity contribution >= 4 is 5.91 Å². The lowest BCUT2D eigenvalue weighted by molar-refractivity contribution is -0.127. The lowest BCUT2D eigenvalue weighted by atomic mass is 9.91. The molecule has 3 fully saturated rings. The SMILES string of the molecule is CC1CN(C(C)(C)CNC(=O)C2(C#N)CC23CCCC3)CC(C)O1. The second-order valence-corrected chi connectivity index (χ2v) is 8.84. The van der Waals surface area contributed by atoms with Crippen LogP contribution in [0, 0.1) is 22.2 Å². The molecule has 1 saturated heterocycles. The number of hydrogen-bond acceptors (Lipinski definition) is 4. The van der Waals surface area contributed by atoms with Gasteiger partial charge in [0.1, 0.15) is 5.41 Å². The molecule has 5 heteroatoms. The summed E-state index contributed by atoms with van der Waals surface area (Å²) in [7, 11) is 0. The lowest BCUT2D eigenvalue weighted by Gasteiger charge is -2.45. The maximum absolute atomic E-state index is 12.8. The Hall–Kier alpha value is -1.12. The van der Waals surface area contributed by atoms with Gasteiger partial charge in [-0.3, -0.25) is 9.69 Å². The van der Waals surface area contributed by atoms with Gasteiger partial charge in [-0.05, 0) is 47.0 Å². The van der Waals surface area contributed by atoms with E-state index in [2.05, 4.69) is 44.0 Å². The molecular formula is C19H31N3O2. The average molecular weight is 333 g/mol. The molecule has 3 rings (SSSR count). The Morgan fingerprint density at radius 2 is 1.88 bits per heavy atom. The number of morpholine rings is 1. The monoisotopic (exact) mass is 333 g/mol. The molecule has 1 heterocycles. The van der Waals surface area contributed by atoms with Crippen LogP contribution in [0.25, 0.3) is 0 Å². The first-order valence-electron chi connectivity index (χ1n) is 9.35. The van der Waals surface area contributed by atoms with Crippen LogP contribution in [0.4, 0.5) is 0 Å². The highest BCUT2D eigenvalue weighted by molar-refractivity contribution is 5.90. The zero-order valence-electron chi connectivity index (χ0n) is 15.5. The van der Waals surface area contributed by atoms with E-state index in [4.69, 9.17) is 4.74 Å². The van der Waals surface area contributed by atoms with E-state index in [1.807, 2.05) is 0 Å². The average Bonchev–Trinajstić information content (AvgIpc) is 2.90. The van der Waals surface area contributed by atoms with E-state index in [1.165, 1.54) is 0 Å². The van der Waals surface area contributed by atoms with Crippen molar-refractivity contribution < 1.29 is 9.53 Å². The fourth-order valence-electron chi connectivity index (χ4n) is 4.88. The molecule has 0 radical (unpaired) electrons. The van der Waals surface area contributed by atoms with Crippen LogP contribution in [0.15, 0.2) is 0 Å². The van der Waals surface area contributed by atoms with Crippen LogP contribution in [0.5, 0.6) is 0 Å². The molecule has 1 amide bonds. The van der Waals surface area contributed by atoms with Crippen LogP contribution >= 0.6 is 0 Å². The van der Waals surface area contributed by atoms with Crippen molar-refractivity contribution in [2.24, 2.45) is 10.8 Å². The molecule has 2 saturated carbocycles. The van der Waals surface area contributed by atoms with Crippen molar-refractivity contribution in [2.45, 2.75) is 77.5 Å². The number of carbonyl (C=O) groups excluding carboxylic acids is 1. The molecule has 24 heavy (non-hydrogen) atoms. The molecule has 3 atom stereocenters. The summed E-state index contributed by atoms with van der Waals surface area (Å²) < 4.78 is 5.81. The first-order chi connectivity index (χ1) is 11.2. The molecule has 0 aromatic heterocycles. The number of hydrogen-bond donors (Lipinski definition) is 1. The summed E-state index contributed by atoms with van der Waals surface area (Å²) in [4.78, 5) is 15.2. The standard InChI is InChI=1S/C19H31N3O2/c1-14-9-22(10-15(2)24-14)17(3,4)13-21-16(23)19(12-20)11-18(19)7-5-6-8-18/h14-15H,5-11,13H2,1-4H3,(H,21,23). The van der Waals surface area contributed by atoms with Gasteiger partial charge in [0.15, 0.2) is 0 Å². The fourth-order valence-corrected chi connectivity index (χ4v) is 4.88. The highest BCUT2D eigenvalue weighted by Gasteiger charge is 2.72. The summed E-state index contributed by atoms with van der Waals surface area (Å²) in [6.45, 7) is 10.8. The Kier molecular flexibility index (Phi) is 4.42. The third-order valence-electron chi connectivity index (χ3n) is 6.48. The van der Waals surface area contributed by atoms with Gasteiger partial charge >= 0.3 is 0 Å². The number of ether oxygens (including phenoxy) is 1. The molecule has 1 N–H and O–H groups in total. The van der Waals surface area contributed by atoms with Crippen LogP contribution in [0.2, 0.25) is 0 Å². The smallest absolute Gasteiger partial charge is 0.241 e. The largest absolute Gasteiger partial charge is 0.373 e. The van der Waals surface area contributed by atoms with Crippen molar-refractivity contribution in [2.75, 3.05) is 19.6 Å². The van der Waals surface area contributed by atoms with Gasteiger partial charge in [0.05, 0.1) is 18.3 Å². The molecule has 5 nitrogen and oxygen atoms in total. The van der Waals surface area contributed by atoms with E-state index in [-0.39, 0.29) is 29.1 Å². The van der Waals surface area contributed by atoms with E-state index in [0.717, 1.165) is 45.2 Å². The number of rotatable bonds is 4. The van der Waals surface area contributed by atoms with Gasteiger partial charge in [-0.25, -0.2) is 0 Å². The van der Waals surface area contributed by atoms with Crippen molar-refractivity contribution in [3.8, 4) is 6.07 Å². The fraction of sp³-hybridized carbons (Fsp3) is 0.895. The Morgan fingerprint density at radius 1 is 1.29 bits per heavy atom. The number of nitrogens with zero attached hydrogens (tertiary/aromatic N) is 2. The summed E-state index contributed by atoms with van der Waals surface area (Å²) in [5, 5.41) is 12.8. The normalized spacial score (nSPS) is 35.6. The number of amides is 1. The summed E-state index contributed by atoms with van der Waals surface area (Å²) >= 11 is 0. The molecule has 0 bridgehead atoms. The first-order valence-corrected chi connectivity index (χ1v) is 9.35. The molecule has 134 valence electrons. The summed E-state index contributed by atoms with van der Waals surface area (Å²) in [5.41, 5.74) is -0.917. The molecule has 0 aromatic rings. The maximum Gasteiger partial charge on any atom is 0.241 e. The third-order valence-corrected chi connectivity index (χ3v) is 6.48. The van der Waals surface area contributed by atoms with Crippen LogP contribution in [-0.4, -0.2) is 48.2 Å². The highest BCUT2D eigenvalue weighted by Crippen LogP contribution is 2.71. The van der Waals surface area contributed by atoms with Crippen LogP contribution in [0.3, 0.4) is 0 Å². The van der Waals surface area contributed by atoms with E-state index in [0.29, 0.717) is 6.54 Å². The van der Waals surface area contributed by atoms with Gasteiger partial charge in [0.25, 0.3) is 0 Å². The summed E-state index contributed by atoms with van der Waals surface area (Å²) in [6.07, 6.45) is 5.57. The maximum atomic E-state index is 12.8. The minimum Gasteiger partial charge on any atom is -0.373 e. The molecular weight excluding hydrogens is 302 g/mol. The van der Waals surface area contributed by atoms with Gasteiger partial charge in [-0.2, -0.15) is 5.26 Å². The Bertz CT molecular complexity index is 537. The van der Waals surface area contributed by atoms with Gasteiger partial charge < -0.3 is 10.1 Å². The highest BCUT2D eigenvalue weighted by atomic mass is 16.5. The molecule has 3 unspecified atom stereocenters. The predicted octanol–water partition coefficient (Wildman–Crippen LogP) is 2.46. The van der Waals surface area contributed by atoms with Gasteiger partial charge in [0.2, 0.25) is 5.91 Å². The Morgan fingerprint density at radius 3 is 2.42 bits per heavy atom. The zero-order chi connectivity index (χ0) is 17.6. The topological polar surface area (TPSA) is 65.4 Å². The van der Waals surface area contributed by atoms with Crippen LogP contribution in [-0.2, 0) is 9.53 Å². The molecule has 0 aromatic carbocycles. The van der Waals surface area contributed by atoms with Gasteiger partial charge in [0, 0.05) is 30.6 Å². The van der Waals surface area contributed by atoms with Gasteiger partial charge in [-0.15, -0.1) is 0 Å². The zero-order valence-corrected chi connectivity index (χ0v) is 15.5. The van der Waals surface area contributed by atoms with Crippen molar-refractivity contribution in [1.82, 2.24) is 10.2 Å². The second kappa shape index (κ2) is 6.00. The van der Waals surface area contributed by atoms with E-state index in [1.54, 1.807) is 0 Å². The minimum absolute atomic E-state index is 0.0159. The Balaban J connectivity index is 1.60. The quantitative estimate of drug-likeness (QED) is 0.858. The van der Waals surface area contributed by atoms with Gasteiger partial charge in [-0.1, -0.05) is 12.8 Å². The summed E-state index contributed by atoms with van der Waals surface area (Å²) in [5.74, 6) is -0.0469. The molecule has 1 aliphatic heterocycles.